The number of aryl methyl sites for hydroxylation is 1. The summed E-state index contributed by atoms with van der Waals surface area (Å²) in [6, 6.07) is 13.4. The summed E-state index contributed by atoms with van der Waals surface area (Å²) in [6.45, 7) is 2.17. The Labute approximate surface area is 156 Å². The molecular formula is C21H22N4O2. The fourth-order valence-corrected chi connectivity index (χ4v) is 4.61. The van der Waals surface area contributed by atoms with E-state index in [1.54, 1.807) is 6.07 Å². The van der Waals surface area contributed by atoms with Crippen LogP contribution in [0, 0.1) is 5.92 Å². The van der Waals surface area contributed by atoms with Gasteiger partial charge in [0.05, 0.1) is 11.0 Å². The van der Waals surface area contributed by atoms with Crippen LogP contribution in [0.15, 0.2) is 47.3 Å². The normalized spacial score (nSPS) is 21.3. The van der Waals surface area contributed by atoms with Crippen molar-refractivity contribution in [3.8, 4) is 0 Å². The number of H-pyrrole nitrogens is 1. The number of imidazole rings is 1. The van der Waals surface area contributed by atoms with Gasteiger partial charge in [-0.3, -0.25) is 9.59 Å². The molecule has 2 aliphatic rings. The van der Waals surface area contributed by atoms with Crippen molar-refractivity contribution in [1.82, 2.24) is 19.4 Å². The first kappa shape index (κ1) is 16.3. The molecule has 1 fully saturated rings. The molecule has 0 aliphatic carbocycles. The van der Waals surface area contributed by atoms with Gasteiger partial charge in [-0.2, -0.15) is 0 Å². The largest absolute Gasteiger partial charge is 0.342 e. The first-order valence-corrected chi connectivity index (χ1v) is 9.58. The zero-order chi connectivity index (χ0) is 18.4. The highest BCUT2D eigenvalue weighted by atomic mass is 16.2. The second-order valence-corrected chi connectivity index (χ2v) is 7.70. The number of piperidine rings is 1. The number of rotatable bonds is 3. The summed E-state index contributed by atoms with van der Waals surface area (Å²) in [7, 11) is 0. The summed E-state index contributed by atoms with van der Waals surface area (Å²) in [5.74, 6) is 1.67. The zero-order valence-corrected chi connectivity index (χ0v) is 15.1. The molecule has 0 saturated carbocycles. The Morgan fingerprint density at radius 2 is 2.00 bits per heavy atom. The number of para-hydroxylation sites is 2. The molecule has 2 aliphatic heterocycles. The quantitative estimate of drug-likeness (QED) is 0.777. The molecule has 0 radical (unpaired) electrons. The monoisotopic (exact) mass is 362 g/mol. The number of carbonyl (C=O) groups excluding carboxylic acids is 1. The van der Waals surface area contributed by atoms with Crippen LogP contribution in [0.25, 0.3) is 11.0 Å². The molecule has 2 atom stereocenters. The summed E-state index contributed by atoms with van der Waals surface area (Å²) in [5.41, 5.74) is 3.10. The van der Waals surface area contributed by atoms with E-state index in [1.807, 2.05) is 45.9 Å². The van der Waals surface area contributed by atoms with Crippen LogP contribution >= 0.6 is 0 Å². The highest BCUT2D eigenvalue weighted by Gasteiger charge is 2.35. The fourth-order valence-electron chi connectivity index (χ4n) is 4.61. The van der Waals surface area contributed by atoms with Crippen molar-refractivity contribution in [2.45, 2.75) is 31.7 Å². The molecule has 27 heavy (non-hydrogen) atoms. The Hall–Kier alpha value is -2.89. The standard InChI is InChI=1S/C21H22N4O2/c26-20(9-8-19-22-16-4-1-2-5-17(16)23-19)24-11-14-10-15(13-24)18-6-3-7-21(27)25(18)12-14/h1-7,14-15H,8-13H2,(H,22,23)/t14-,15+/m0/s1. The van der Waals surface area contributed by atoms with Gasteiger partial charge < -0.3 is 14.5 Å². The van der Waals surface area contributed by atoms with Gasteiger partial charge in [-0.1, -0.05) is 18.2 Å². The molecule has 5 rings (SSSR count). The highest BCUT2D eigenvalue weighted by molar-refractivity contribution is 5.77. The fraction of sp³-hybridized carbons (Fsp3) is 0.381. The Bertz CT molecular complexity index is 1030. The second kappa shape index (κ2) is 6.37. The molecule has 138 valence electrons. The minimum absolute atomic E-state index is 0.0758. The van der Waals surface area contributed by atoms with Gasteiger partial charge in [0.1, 0.15) is 5.82 Å². The summed E-state index contributed by atoms with van der Waals surface area (Å²) in [6.07, 6.45) is 2.15. The average molecular weight is 362 g/mol. The van der Waals surface area contributed by atoms with Gasteiger partial charge in [0.25, 0.3) is 5.56 Å². The van der Waals surface area contributed by atoms with E-state index >= 15 is 0 Å². The molecule has 4 heterocycles. The summed E-state index contributed by atoms with van der Waals surface area (Å²) in [4.78, 5) is 34.8. The minimum atomic E-state index is 0.0758. The number of hydrogen-bond donors (Lipinski definition) is 1. The van der Waals surface area contributed by atoms with Crippen LogP contribution in [0.3, 0.4) is 0 Å². The smallest absolute Gasteiger partial charge is 0.250 e. The topological polar surface area (TPSA) is 71.0 Å². The van der Waals surface area contributed by atoms with E-state index in [4.69, 9.17) is 0 Å². The first-order valence-electron chi connectivity index (χ1n) is 9.58. The van der Waals surface area contributed by atoms with E-state index in [1.165, 1.54) is 0 Å². The maximum atomic E-state index is 12.8. The van der Waals surface area contributed by atoms with Crippen LogP contribution in [-0.4, -0.2) is 38.4 Å². The molecule has 2 aromatic heterocycles. The summed E-state index contributed by atoms with van der Waals surface area (Å²) in [5, 5.41) is 0. The molecule has 1 N–H and O–H groups in total. The Morgan fingerprint density at radius 3 is 2.89 bits per heavy atom. The van der Waals surface area contributed by atoms with E-state index in [9.17, 15) is 9.59 Å². The molecule has 6 heteroatoms. The van der Waals surface area contributed by atoms with E-state index in [0.717, 1.165) is 42.1 Å². The van der Waals surface area contributed by atoms with E-state index < -0.39 is 0 Å². The molecule has 2 bridgehead atoms. The van der Waals surface area contributed by atoms with E-state index in [-0.39, 0.29) is 17.4 Å². The Balaban J connectivity index is 1.28. The molecule has 3 aromatic rings. The number of nitrogens with one attached hydrogen (secondary N) is 1. The van der Waals surface area contributed by atoms with Crippen LogP contribution in [0.5, 0.6) is 0 Å². The number of fused-ring (bicyclic) bond motifs is 5. The molecule has 6 nitrogen and oxygen atoms in total. The van der Waals surface area contributed by atoms with Gasteiger partial charge >= 0.3 is 0 Å². The van der Waals surface area contributed by atoms with Gasteiger partial charge in [-0.15, -0.1) is 0 Å². The number of likely N-dealkylation sites (tertiary alicyclic amines) is 1. The van der Waals surface area contributed by atoms with Crippen LogP contribution in [-0.2, 0) is 17.8 Å². The summed E-state index contributed by atoms with van der Waals surface area (Å²) >= 11 is 0. The number of aromatic nitrogens is 3. The molecule has 1 amide bonds. The van der Waals surface area contributed by atoms with Gasteiger partial charge in [-0.25, -0.2) is 4.98 Å². The zero-order valence-electron chi connectivity index (χ0n) is 15.1. The molecular weight excluding hydrogens is 340 g/mol. The van der Waals surface area contributed by atoms with Crippen LogP contribution < -0.4 is 5.56 Å². The van der Waals surface area contributed by atoms with Crippen LogP contribution in [0.1, 0.15) is 30.3 Å². The van der Waals surface area contributed by atoms with Crippen molar-refractivity contribution < 1.29 is 4.79 Å². The maximum Gasteiger partial charge on any atom is 0.250 e. The third-order valence-corrected chi connectivity index (χ3v) is 5.85. The Kier molecular flexibility index (Phi) is 3.85. The van der Waals surface area contributed by atoms with Crippen LogP contribution in [0.2, 0.25) is 0 Å². The SMILES string of the molecule is O=C(CCc1nc2ccccc2[nH]1)N1C[C@@H]2C[C@H](C1)c1cccc(=O)n1C2. The summed E-state index contributed by atoms with van der Waals surface area (Å²) < 4.78 is 1.90. The number of pyridine rings is 1. The Morgan fingerprint density at radius 1 is 1.11 bits per heavy atom. The minimum Gasteiger partial charge on any atom is -0.342 e. The lowest BCUT2D eigenvalue weighted by atomic mass is 9.83. The van der Waals surface area contributed by atoms with Crippen molar-refractivity contribution >= 4 is 16.9 Å². The van der Waals surface area contributed by atoms with E-state index in [0.29, 0.717) is 25.3 Å². The molecule has 1 aromatic carbocycles. The maximum absolute atomic E-state index is 12.8. The van der Waals surface area contributed by atoms with Crippen molar-refractivity contribution in [3.63, 3.8) is 0 Å². The third kappa shape index (κ3) is 2.95. The number of nitrogens with zero attached hydrogens (tertiary/aromatic N) is 3. The molecule has 1 saturated heterocycles. The third-order valence-electron chi connectivity index (χ3n) is 5.85. The highest BCUT2D eigenvalue weighted by Crippen LogP contribution is 2.35. The average Bonchev–Trinajstić information content (AvgIpc) is 3.10. The molecule has 0 unspecified atom stereocenters. The lowest BCUT2D eigenvalue weighted by molar-refractivity contribution is -0.133. The predicted octanol–water partition coefficient (Wildman–Crippen LogP) is 2.30. The lowest BCUT2D eigenvalue weighted by Gasteiger charge is -2.42. The number of carbonyl (C=O) groups is 1. The van der Waals surface area contributed by atoms with Crippen molar-refractivity contribution in [2.24, 2.45) is 5.92 Å². The number of amides is 1. The first-order chi connectivity index (χ1) is 13.2. The van der Waals surface area contributed by atoms with Crippen LogP contribution in [0.4, 0.5) is 0 Å². The van der Waals surface area contributed by atoms with Gasteiger partial charge in [0.2, 0.25) is 5.91 Å². The number of aromatic amines is 1. The van der Waals surface area contributed by atoms with Crippen molar-refractivity contribution in [1.29, 1.82) is 0 Å². The van der Waals surface area contributed by atoms with Gasteiger partial charge in [0, 0.05) is 50.2 Å². The van der Waals surface area contributed by atoms with Crippen molar-refractivity contribution in [2.75, 3.05) is 13.1 Å². The van der Waals surface area contributed by atoms with Gasteiger partial charge in [-0.05, 0) is 30.5 Å². The van der Waals surface area contributed by atoms with E-state index in [2.05, 4.69) is 9.97 Å². The molecule has 0 spiro atoms. The van der Waals surface area contributed by atoms with Crippen molar-refractivity contribution in [3.05, 3.63) is 64.3 Å². The second-order valence-electron chi connectivity index (χ2n) is 7.70. The van der Waals surface area contributed by atoms with Gasteiger partial charge in [0.15, 0.2) is 0 Å². The number of benzene rings is 1. The number of hydrogen-bond acceptors (Lipinski definition) is 3. The predicted molar refractivity (Wildman–Crippen MR) is 103 cm³/mol. The lowest BCUT2D eigenvalue weighted by Crippen LogP contribution is -2.49.